The molecule has 1 saturated carbocycles. The van der Waals surface area contributed by atoms with E-state index in [1.807, 2.05) is 35.1 Å². The number of anilines is 1. The number of carbonyl (C=O) groups excluding carboxylic acids is 2. The molecule has 6 rings (SSSR count). The van der Waals surface area contributed by atoms with Crippen molar-refractivity contribution in [1.29, 1.82) is 0 Å². The highest BCUT2D eigenvalue weighted by Crippen LogP contribution is 2.43. The Morgan fingerprint density at radius 2 is 1.90 bits per heavy atom. The topological polar surface area (TPSA) is 141 Å². The first-order valence-corrected chi connectivity index (χ1v) is 21.8. The summed E-state index contributed by atoms with van der Waals surface area (Å²) in [6.07, 6.45) is 7.63. The number of likely N-dealkylation sites (tertiary alicyclic amines) is 1. The van der Waals surface area contributed by atoms with Crippen LogP contribution in [0, 0.1) is 11.8 Å². The maximum absolute atomic E-state index is 14.1. The number of benzene rings is 2. The van der Waals surface area contributed by atoms with Gasteiger partial charge in [0.1, 0.15) is 12.4 Å². The maximum atomic E-state index is 14.1. The van der Waals surface area contributed by atoms with Gasteiger partial charge in [0.05, 0.1) is 44.5 Å². The molecule has 17 heteroatoms. The number of likely N-dealkylation sites (N-methyl/N-ethyl adjacent to an activating group) is 1. The van der Waals surface area contributed by atoms with Gasteiger partial charge in [0.15, 0.2) is 5.60 Å². The number of carbonyl (C=O) groups is 2. The molecule has 58 heavy (non-hydrogen) atoms. The standard InChI is InChI=1S/C41H56ClF2N5O8S/c1-46-16-6-5-9-36(56-21-19-48-27-40(43,44)28-48)34-14-11-30(34)25-49-17-7-4-8-29-22-33(42)13-10-31(29)26-57-37-15-12-32(23-35(37)49)41(52,24-38(46)50)39(51)45-58(53,54)47(2)18-20-55-3/h5,9-10,12-13,15,22-23,30,34,36,52H,4,6-8,11,14,16-21,24-28H2,1-3H3,(H,45,51)/b9-5+/t30-,34+,36-,41+/m0/s1. The van der Waals surface area contributed by atoms with E-state index in [4.69, 9.17) is 25.8 Å². The molecule has 4 aliphatic rings. The van der Waals surface area contributed by atoms with Crippen LogP contribution < -0.4 is 14.4 Å². The van der Waals surface area contributed by atoms with Crippen LogP contribution in [0.2, 0.25) is 5.02 Å². The number of hydrogen-bond donors (Lipinski definition) is 2. The summed E-state index contributed by atoms with van der Waals surface area (Å²) in [6, 6.07) is 10.5. The SMILES string of the molecule is COCCN(C)S(=O)(=O)NC(=O)[C@@]1(O)CC(=O)N(C)CC/C=C/[C@H](OCCN2CC(F)(F)C2)[C@@H]2CC[C@H]2CN2CCCCc3cc(Cl)ccc3COc3ccc1cc32. The van der Waals surface area contributed by atoms with Crippen molar-refractivity contribution < 1.29 is 46.1 Å². The van der Waals surface area contributed by atoms with E-state index in [-0.39, 0.29) is 62.9 Å². The van der Waals surface area contributed by atoms with Gasteiger partial charge in [-0.2, -0.15) is 12.7 Å². The minimum Gasteiger partial charge on any atom is -0.487 e. The summed E-state index contributed by atoms with van der Waals surface area (Å²) in [5.41, 5.74) is 0.0877. The van der Waals surface area contributed by atoms with Gasteiger partial charge in [0.2, 0.25) is 5.91 Å². The van der Waals surface area contributed by atoms with Gasteiger partial charge in [0, 0.05) is 59.0 Å². The van der Waals surface area contributed by atoms with Crippen LogP contribution in [0.3, 0.4) is 0 Å². The van der Waals surface area contributed by atoms with Gasteiger partial charge in [0.25, 0.3) is 11.8 Å². The van der Waals surface area contributed by atoms with Gasteiger partial charge in [-0.3, -0.25) is 14.5 Å². The smallest absolute Gasteiger partial charge is 0.303 e. The van der Waals surface area contributed by atoms with Crippen molar-refractivity contribution in [2.24, 2.45) is 11.8 Å². The molecule has 320 valence electrons. The van der Waals surface area contributed by atoms with Crippen LogP contribution in [0.25, 0.3) is 0 Å². The van der Waals surface area contributed by atoms with Crippen LogP contribution in [0.4, 0.5) is 14.5 Å². The molecule has 2 aromatic rings. The van der Waals surface area contributed by atoms with E-state index < -0.39 is 40.0 Å². The van der Waals surface area contributed by atoms with Crippen molar-refractivity contribution in [3.8, 4) is 5.75 Å². The van der Waals surface area contributed by atoms with Gasteiger partial charge in [-0.05, 0) is 91.3 Å². The zero-order valence-corrected chi connectivity index (χ0v) is 35.1. The molecular formula is C41H56ClF2N5O8S. The summed E-state index contributed by atoms with van der Waals surface area (Å²) in [6.45, 7) is 1.84. The molecule has 1 saturated heterocycles. The van der Waals surface area contributed by atoms with Crippen LogP contribution in [-0.4, -0.2) is 132 Å². The predicted molar refractivity (Wildman–Crippen MR) is 216 cm³/mol. The summed E-state index contributed by atoms with van der Waals surface area (Å²) in [5, 5.41) is 13.1. The van der Waals surface area contributed by atoms with Crippen LogP contribution >= 0.6 is 11.6 Å². The molecular weight excluding hydrogens is 796 g/mol. The third-order valence-corrected chi connectivity index (χ3v) is 13.5. The molecule has 0 unspecified atom stereocenters. The number of alkyl halides is 2. The second-order valence-corrected chi connectivity index (χ2v) is 18.2. The zero-order valence-electron chi connectivity index (χ0n) is 33.5. The number of amides is 2. The molecule has 4 atom stereocenters. The van der Waals surface area contributed by atoms with E-state index >= 15 is 0 Å². The molecule has 0 radical (unpaired) electrons. The lowest BCUT2D eigenvalue weighted by Gasteiger charge is -2.44. The normalized spacial score (nSPS) is 26.3. The molecule has 0 aromatic heterocycles. The van der Waals surface area contributed by atoms with Crippen molar-refractivity contribution >= 4 is 39.3 Å². The Morgan fingerprint density at radius 3 is 2.62 bits per heavy atom. The number of aryl methyl sites for hydroxylation is 1. The number of hydrogen-bond acceptors (Lipinski definition) is 10. The molecule has 2 fully saturated rings. The number of methoxy groups -OCH3 is 1. The number of halogens is 3. The van der Waals surface area contributed by atoms with Gasteiger partial charge < -0.3 is 29.1 Å². The van der Waals surface area contributed by atoms with E-state index in [1.165, 1.54) is 25.1 Å². The Hall–Kier alpha value is -3.38. The average Bonchev–Trinajstić information content (AvgIpc) is 3.18. The monoisotopic (exact) mass is 851 g/mol. The second kappa shape index (κ2) is 18.9. The Morgan fingerprint density at radius 1 is 1.10 bits per heavy atom. The summed E-state index contributed by atoms with van der Waals surface area (Å²) >= 11 is 6.39. The molecule has 1 aliphatic carbocycles. The number of nitrogens with one attached hydrogen (secondary N) is 1. The molecule has 3 aliphatic heterocycles. The van der Waals surface area contributed by atoms with E-state index in [0.29, 0.717) is 49.1 Å². The van der Waals surface area contributed by atoms with Crippen LogP contribution in [0.5, 0.6) is 5.75 Å². The number of ether oxygens (including phenoxy) is 3. The van der Waals surface area contributed by atoms with E-state index in [0.717, 1.165) is 47.5 Å². The molecule has 3 heterocycles. The zero-order chi connectivity index (χ0) is 41.7. The largest absolute Gasteiger partial charge is 0.487 e. The van der Waals surface area contributed by atoms with Crippen molar-refractivity contribution in [2.45, 2.75) is 69.2 Å². The van der Waals surface area contributed by atoms with Crippen LogP contribution in [-0.2, 0) is 47.9 Å². The van der Waals surface area contributed by atoms with Gasteiger partial charge in [-0.25, -0.2) is 13.5 Å². The first-order chi connectivity index (χ1) is 27.6. The van der Waals surface area contributed by atoms with Crippen LogP contribution in [0.1, 0.15) is 55.2 Å². The van der Waals surface area contributed by atoms with E-state index in [9.17, 15) is 31.9 Å². The van der Waals surface area contributed by atoms with Gasteiger partial charge in [-0.15, -0.1) is 0 Å². The lowest BCUT2D eigenvalue weighted by atomic mass is 9.70. The molecule has 2 amide bonds. The molecule has 2 aromatic carbocycles. The maximum Gasteiger partial charge on any atom is 0.303 e. The lowest BCUT2D eigenvalue weighted by Crippen LogP contribution is -2.57. The minimum absolute atomic E-state index is 0.0332. The average molecular weight is 852 g/mol. The molecule has 13 nitrogen and oxygen atoms in total. The predicted octanol–water partition coefficient (Wildman–Crippen LogP) is 4.36. The fraction of sp³-hybridized carbons (Fsp3) is 0.610. The van der Waals surface area contributed by atoms with Crippen molar-refractivity contribution in [1.82, 2.24) is 18.8 Å². The Labute approximate surface area is 345 Å². The number of aliphatic hydroxyl groups is 1. The first kappa shape index (κ1) is 44.2. The minimum atomic E-state index is -4.44. The molecule has 0 spiro atoms. The number of fused-ring (bicyclic) bond motifs is 3. The first-order valence-electron chi connectivity index (χ1n) is 20.0. The van der Waals surface area contributed by atoms with Crippen molar-refractivity contribution in [3.05, 3.63) is 70.3 Å². The van der Waals surface area contributed by atoms with E-state index in [2.05, 4.69) is 4.90 Å². The Bertz CT molecular complexity index is 1920. The summed E-state index contributed by atoms with van der Waals surface area (Å²) in [7, 11) is -0.180. The van der Waals surface area contributed by atoms with Crippen molar-refractivity contribution in [2.75, 3.05) is 85.1 Å². The second-order valence-electron chi connectivity index (χ2n) is 16.0. The molecule has 2 bridgehead atoms. The fourth-order valence-electron chi connectivity index (χ4n) is 8.05. The molecule has 2 N–H and O–H groups in total. The Kier molecular flexibility index (Phi) is 14.4. The van der Waals surface area contributed by atoms with Gasteiger partial charge in [-0.1, -0.05) is 35.9 Å². The number of nitrogens with zero attached hydrogens (tertiary/aromatic N) is 4. The van der Waals surface area contributed by atoms with Crippen molar-refractivity contribution in [3.63, 3.8) is 0 Å². The van der Waals surface area contributed by atoms with E-state index in [1.54, 1.807) is 24.1 Å². The third-order valence-electron chi connectivity index (χ3n) is 11.8. The van der Waals surface area contributed by atoms with Gasteiger partial charge >= 0.3 is 10.2 Å². The highest BCUT2D eigenvalue weighted by molar-refractivity contribution is 7.87. The quantitative estimate of drug-likeness (QED) is 0.332. The fourth-order valence-corrected chi connectivity index (χ4v) is 9.12. The summed E-state index contributed by atoms with van der Waals surface area (Å²) < 4.78 is 74.5. The van der Waals surface area contributed by atoms with Crippen LogP contribution in [0.15, 0.2) is 48.6 Å². The highest BCUT2D eigenvalue weighted by Gasteiger charge is 2.45. The third kappa shape index (κ3) is 10.7. The summed E-state index contributed by atoms with van der Waals surface area (Å²) in [4.78, 5) is 33.2. The highest BCUT2D eigenvalue weighted by atomic mass is 35.5. The number of rotatable bonds is 10. The summed E-state index contributed by atoms with van der Waals surface area (Å²) in [5.74, 6) is -3.71. The lowest BCUT2D eigenvalue weighted by molar-refractivity contribution is -0.148. The Balaban J connectivity index is 1.37.